The van der Waals surface area contributed by atoms with Gasteiger partial charge in [0.25, 0.3) is 0 Å². The molecule has 1 heterocycles. The van der Waals surface area contributed by atoms with E-state index in [0.29, 0.717) is 6.04 Å². The summed E-state index contributed by atoms with van der Waals surface area (Å²) < 4.78 is 0. The molecule has 0 saturated carbocycles. The molecule has 1 aliphatic rings. The molecular formula is C13H29N3. The van der Waals surface area contributed by atoms with Crippen molar-refractivity contribution in [3.05, 3.63) is 0 Å². The van der Waals surface area contributed by atoms with Gasteiger partial charge in [0.1, 0.15) is 0 Å². The fourth-order valence-electron chi connectivity index (χ4n) is 2.49. The predicted molar refractivity (Wildman–Crippen MR) is 70.9 cm³/mol. The van der Waals surface area contributed by atoms with Crippen molar-refractivity contribution in [1.82, 2.24) is 15.1 Å². The van der Waals surface area contributed by atoms with Crippen LogP contribution in [0.25, 0.3) is 0 Å². The van der Waals surface area contributed by atoms with Crippen LogP contribution < -0.4 is 5.32 Å². The summed E-state index contributed by atoms with van der Waals surface area (Å²) >= 11 is 0. The molecule has 1 atom stereocenters. The molecule has 96 valence electrons. The van der Waals surface area contributed by atoms with E-state index >= 15 is 0 Å². The standard InChI is InChI=1S/C13H29N3/c1-4-7-13(14-5-2)12-16-9-6-8-15(3)10-11-16/h13-14H,4-12H2,1-3H3. The average molecular weight is 227 g/mol. The molecule has 1 rings (SSSR count). The molecule has 0 spiro atoms. The van der Waals surface area contributed by atoms with Crippen LogP contribution in [0.2, 0.25) is 0 Å². The molecule has 3 heteroatoms. The summed E-state index contributed by atoms with van der Waals surface area (Å²) in [6.45, 7) is 11.8. The second-order valence-electron chi connectivity index (χ2n) is 5.00. The Balaban J connectivity index is 2.31. The largest absolute Gasteiger partial charge is 0.313 e. The van der Waals surface area contributed by atoms with Gasteiger partial charge >= 0.3 is 0 Å². The number of rotatable bonds is 6. The van der Waals surface area contributed by atoms with E-state index < -0.39 is 0 Å². The third kappa shape index (κ3) is 5.28. The number of likely N-dealkylation sites (N-methyl/N-ethyl adjacent to an activating group) is 2. The average Bonchev–Trinajstić information content (AvgIpc) is 2.45. The first-order chi connectivity index (χ1) is 7.76. The van der Waals surface area contributed by atoms with E-state index in [1.54, 1.807) is 0 Å². The van der Waals surface area contributed by atoms with Crippen molar-refractivity contribution in [2.24, 2.45) is 0 Å². The Kier molecular flexibility index (Phi) is 7.01. The van der Waals surface area contributed by atoms with E-state index in [-0.39, 0.29) is 0 Å². The van der Waals surface area contributed by atoms with Gasteiger partial charge in [-0.1, -0.05) is 20.3 Å². The SMILES string of the molecule is CCCC(CN1CCCN(C)CC1)NCC. The van der Waals surface area contributed by atoms with Gasteiger partial charge in [-0.15, -0.1) is 0 Å². The van der Waals surface area contributed by atoms with Gasteiger partial charge < -0.3 is 15.1 Å². The van der Waals surface area contributed by atoms with Crippen LogP contribution >= 0.6 is 0 Å². The monoisotopic (exact) mass is 227 g/mol. The minimum Gasteiger partial charge on any atom is -0.313 e. The molecule has 1 saturated heterocycles. The third-order valence-electron chi connectivity index (χ3n) is 3.42. The fourth-order valence-corrected chi connectivity index (χ4v) is 2.49. The molecule has 0 aromatic carbocycles. The lowest BCUT2D eigenvalue weighted by atomic mass is 10.1. The van der Waals surface area contributed by atoms with Crippen molar-refractivity contribution in [3.8, 4) is 0 Å². The fraction of sp³-hybridized carbons (Fsp3) is 1.00. The van der Waals surface area contributed by atoms with Gasteiger partial charge in [0, 0.05) is 25.7 Å². The highest BCUT2D eigenvalue weighted by atomic mass is 15.2. The van der Waals surface area contributed by atoms with Crippen LogP contribution in [0.4, 0.5) is 0 Å². The molecule has 0 aromatic heterocycles. The van der Waals surface area contributed by atoms with E-state index in [2.05, 4.69) is 36.0 Å². The molecule has 1 aliphatic heterocycles. The molecule has 1 N–H and O–H groups in total. The Bertz CT molecular complexity index is 167. The first kappa shape index (κ1) is 13.9. The van der Waals surface area contributed by atoms with Gasteiger partial charge in [0.15, 0.2) is 0 Å². The number of hydrogen-bond acceptors (Lipinski definition) is 3. The third-order valence-corrected chi connectivity index (χ3v) is 3.42. The zero-order valence-electron chi connectivity index (χ0n) is 11.3. The van der Waals surface area contributed by atoms with Crippen LogP contribution in [0.15, 0.2) is 0 Å². The van der Waals surface area contributed by atoms with Crippen LogP contribution in [-0.2, 0) is 0 Å². The number of hydrogen-bond donors (Lipinski definition) is 1. The molecule has 3 nitrogen and oxygen atoms in total. The Morgan fingerprint density at radius 1 is 1.12 bits per heavy atom. The zero-order valence-corrected chi connectivity index (χ0v) is 11.3. The van der Waals surface area contributed by atoms with Gasteiger partial charge in [-0.2, -0.15) is 0 Å². The molecule has 1 fully saturated rings. The van der Waals surface area contributed by atoms with E-state index in [9.17, 15) is 0 Å². The Labute approximate surface area is 101 Å². The van der Waals surface area contributed by atoms with Crippen molar-refractivity contribution < 1.29 is 0 Å². The minimum atomic E-state index is 0.693. The second kappa shape index (κ2) is 8.04. The maximum atomic E-state index is 3.61. The van der Waals surface area contributed by atoms with Crippen LogP contribution in [0.3, 0.4) is 0 Å². The van der Waals surface area contributed by atoms with Crippen molar-refractivity contribution in [2.75, 3.05) is 46.3 Å². The summed E-state index contributed by atoms with van der Waals surface area (Å²) in [6, 6.07) is 0.693. The molecular weight excluding hydrogens is 198 g/mol. The van der Waals surface area contributed by atoms with Crippen molar-refractivity contribution in [1.29, 1.82) is 0 Å². The van der Waals surface area contributed by atoms with Crippen molar-refractivity contribution in [2.45, 2.75) is 39.2 Å². The zero-order chi connectivity index (χ0) is 11.8. The maximum Gasteiger partial charge on any atom is 0.0194 e. The molecule has 0 aliphatic carbocycles. The normalized spacial score (nSPS) is 21.9. The summed E-state index contributed by atoms with van der Waals surface area (Å²) in [4.78, 5) is 5.08. The highest BCUT2D eigenvalue weighted by Gasteiger charge is 2.15. The van der Waals surface area contributed by atoms with Crippen LogP contribution in [0, 0.1) is 0 Å². The lowest BCUT2D eigenvalue weighted by molar-refractivity contribution is 0.241. The van der Waals surface area contributed by atoms with Gasteiger partial charge in [-0.3, -0.25) is 0 Å². The Hall–Kier alpha value is -0.120. The highest BCUT2D eigenvalue weighted by Crippen LogP contribution is 2.05. The van der Waals surface area contributed by atoms with Gasteiger partial charge in [0.2, 0.25) is 0 Å². The van der Waals surface area contributed by atoms with Gasteiger partial charge in [-0.25, -0.2) is 0 Å². The highest BCUT2D eigenvalue weighted by molar-refractivity contribution is 4.74. The van der Waals surface area contributed by atoms with Crippen LogP contribution in [0.1, 0.15) is 33.1 Å². The Morgan fingerprint density at radius 3 is 2.62 bits per heavy atom. The summed E-state index contributed by atoms with van der Waals surface area (Å²) in [7, 11) is 2.23. The topological polar surface area (TPSA) is 18.5 Å². The van der Waals surface area contributed by atoms with E-state index in [1.807, 2.05) is 0 Å². The number of nitrogens with one attached hydrogen (secondary N) is 1. The van der Waals surface area contributed by atoms with Crippen molar-refractivity contribution >= 4 is 0 Å². The van der Waals surface area contributed by atoms with Crippen molar-refractivity contribution in [3.63, 3.8) is 0 Å². The molecule has 16 heavy (non-hydrogen) atoms. The summed E-state index contributed by atoms with van der Waals surface area (Å²) in [5.74, 6) is 0. The van der Waals surface area contributed by atoms with E-state index in [4.69, 9.17) is 0 Å². The molecule has 0 aromatic rings. The van der Waals surface area contributed by atoms with E-state index in [1.165, 1.54) is 52.0 Å². The first-order valence-corrected chi connectivity index (χ1v) is 6.90. The minimum absolute atomic E-state index is 0.693. The Morgan fingerprint density at radius 2 is 1.94 bits per heavy atom. The maximum absolute atomic E-state index is 3.61. The van der Waals surface area contributed by atoms with Crippen LogP contribution in [-0.4, -0.2) is 62.2 Å². The molecule has 0 amide bonds. The van der Waals surface area contributed by atoms with Gasteiger partial charge in [-0.05, 0) is 39.5 Å². The summed E-state index contributed by atoms with van der Waals surface area (Å²) in [6.07, 6.45) is 3.91. The second-order valence-corrected chi connectivity index (χ2v) is 5.00. The smallest absolute Gasteiger partial charge is 0.0194 e. The first-order valence-electron chi connectivity index (χ1n) is 6.90. The molecule has 0 radical (unpaired) electrons. The summed E-state index contributed by atoms with van der Waals surface area (Å²) in [5.41, 5.74) is 0. The molecule has 0 bridgehead atoms. The number of nitrogens with zero attached hydrogens (tertiary/aromatic N) is 2. The predicted octanol–water partition coefficient (Wildman–Crippen LogP) is 1.40. The molecule has 1 unspecified atom stereocenters. The summed E-state index contributed by atoms with van der Waals surface area (Å²) in [5, 5.41) is 3.61. The van der Waals surface area contributed by atoms with E-state index in [0.717, 1.165) is 6.54 Å². The van der Waals surface area contributed by atoms with Gasteiger partial charge in [0.05, 0.1) is 0 Å². The van der Waals surface area contributed by atoms with Crippen LogP contribution in [0.5, 0.6) is 0 Å². The lowest BCUT2D eigenvalue weighted by Crippen LogP contribution is -2.42. The quantitative estimate of drug-likeness (QED) is 0.740. The lowest BCUT2D eigenvalue weighted by Gasteiger charge is -2.26.